The minimum absolute atomic E-state index is 0.0775. The summed E-state index contributed by atoms with van der Waals surface area (Å²) in [5.74, 6) is 0. The van der Waals surface area contributed by atoms with Crippen molar-refractivity contribution in [2.45, 2.75) is 16.3 Å². The highest BCUT2D eigenvalue weighted by molar-refractivity contribution is 6.67. The first kappa shape index (κ1) is 9.79. The molecule has 2 nitrogen and oxygen atoms in total. The first-order valence-corrected chi connectivity index (χ1v) is 3.54. The minimum Gasteiger partial charge on any atom is -0.392 e. The van der Waals surface area contributed by atoms with Gasteiger partial charge in [0.05, 0.1) is 6.10 Å². The molecule has 0 aliphatic rings. The normalized spacial score (nSPS) is 15.7. The minimum atomic E-state index is -1.39. The molecule has 1 unspecified atom stereocenters. The second-order valence-electron chi connectivity index (χ2n) is 1.71. The lowest BCUT2D eigenvalue weighted by Gasteiger charge is -2.13. The maximum absolute atomic E-state index is 8.82. The third-order valence-electron chi connectivity index (χ3n) is 0.739. The van der Waals surface area contributed by atoms with E-state index in [0.717, 1.165) is 0 Å². The number of aliphatic hydroxyl groups is 1. The van der Waals surface area contributed by atoms with Crippen LogP contribution in [0.1, 0.15) is 6.42 Å². The Morgan fingerprint density at radius 3 is 2.00 bits per heavy atom. The van der Waals surface area contributed by atoms with Gasteiger partial charge in [0.2, 0.25) is 0 Å². The van der Waals surface area contributed by atoms with Gasteiger partial charge in [0, 0.05) is 13.0 Å². The fourth-order valence-electron chi connectivity index (χ4n) is 0.351. The van der Waals surface area contributed by atoms with Crippen molar-refractivity contribution in [1.82, 2.24) is 0 Å². The average Bonchev–Trinajstić information content (AvgIpc) is 1.62. The van der Waals surface area contributed by atoms with E-state index in [1.54, 1.807) is 0 Å². The van der Waals surface area contributed by atoms with Gasteiger partial charge in [0.15, 0.2) is 3.79 Å². The standard InChI is InChI=1S/C4H8Cl3NO/c5-4(6,7)1-3(9)2-8/h3,9H,1-2,8H2. The summed E-state index contributed by atoms with van der Waals surface area (Å²) in [5.41, 5.74) is 5.05. The Morgan fingerprint density at radius 1 is 1.44 bits per heavy atom. The summed E-state index contributed by atoms with van der Waals surface area (Å²) in [7, 11) is 0. The number of nitrogens with two attached hydrogens (primary N) is 1. The summed E-state index contributed by atoms with van der Waals surface area (Å²) in [6.45, 7) is 0.119. The summed E-state index contributed by atoms with van der Waals surface area (Å²) in [6.07, 6.45) is -0.647. The van der Waals surface area contributed by atoms with Crippen molar-refractivity contribution < 1.29 is 5.11 Å². The molecule has 0 saturated heterocycles. The SMILES string of the molecule is NCC(O)CC(Cl)(Cl)Cl. The second kappa shape index (κ2) is 3.84. The summed E-state index contributed by atoms with van der Waals surface area (Å²) >= 11 is 16.0. The van der Waals surface area contributed by atoms with Crippen molar-refractivity contribution in [1.29, 1.82) is 0 Å². The van der Waals surface area contributed by atoms with E-state index in [1.165, 1.54) is 0 Å². The van der Waals surface area contributed by atoms with E-state index in [1.807, 2.05) is 0 Å². The van der Waals surface area contributed by atoms with Crippen LogP contribution in [0.3, 0.4) is 0 Å². The summed E-state index contributed by atoms with van der Waals surface area (Å²) in [4.78, 5) is 0. The zero-order chi connectivity index (χ0) is 7.49. The molecule has 0 amide bonds. The van der Waals surface area contributed by atoms with Gasteiger partial charge in [-0.05, 0) is 0 Å². The van der Waals surface area contributed by atoms with Crippen molar-refractivity contribution in [3.63, 3.8) is 0 Å². The lowest BCUT2D eigenvalue weighted by Crippen LogP contribution is -2.24. The van der Waals surface area contributed by atoms with E-state index < -0.39 is 9.90 Å². The van der Waals surface area contributed by atoms with Crippen LogP contribution in [0.4, 0.5) is 0 Å². The molecule has 0 aromatic rings. The van der Waals surface area contributed by atoms with Gasteiger partial charge in [-0.15, -0.1) is 0 Å². The van der Waals surface area contributed by atoms with Crippen LogP contribution in [-0.2, 0) is 0 Å². The van der Waals surface area contributed by atoms with E-state index in [4.69, 9.17) is 45.6 Å². The maximum atomic E-state index is 8.82. The van der Waals surface area contributed by atoms with Gasteiger partial charge >= 0.3 is 0 Å². The average molecular weight is 192 g/mol. The number of hydrogen-bond acceptors (Lipinski definition) is 2. The van der Waals surface area contributed by atoms with E-state index in [9.17, 15) is 0 Å². The molecule has 9 heavy (non-hydrogen) atoms. The lowest BCUT2D eigenvalue weighted by atomic mass is 10.3. The first-order chi connectivity index (χ1) is 3.95. The quantitative estimate of drug-likeness (QED) is 0.643. The monoisotopic (exact) mass is 191 g/mol. The van der Waals surface area contributed by atoms with E-state index in [2.05, 4.69) is 0 Å². The van der Waals surface area contributed by atoms with Crippen molar-refractivity contribution in [3.05, 3.63) is 0 Å². The molecule has 5 heteroatoms. The Labute approximate surface area is 68.9 Å². The van der Waals surface area contributed by atoms with Crippen LogP contribution in [0.2, 0.25) is 0 Å². The predicted octanol–water partition coefficient (Wildman–Crippen LogP) is 1.07. The number of aliphatic hydroxyl groups excluding tert-OH is 1. The Bertz CT molecular complexity index is 82.4. The Balaban J connectivity index is 3.47. The number of rotatable bonds is 2. The smallest absolute Gasteiger partial charge is 0.193 e. The van der Waals surface area contributed by atoms with Crippen LogP contribution in [0, 0.1) is 0 Å². The Morgan fingerprint density at radius 2 is 1.89 bits per heavy atom. The first-order valence-electron chi connectivity index (χ1n) is 2.40. The molecule has 0 saturated carbocycles. The second-order valence-corrected chi connectivity index (χ2v) is 4.22. The van der Waals surface area contributed by atoms with E-state index in [-0.39, 0.29) is 13.0 Å². The van der Waals surface area contributed by atoms with Gasteiger partial charge in [-0.1, -0.05) is 34.8 Å². The fraction of sp³-hybridized carbons (Fsp3) is 1.00. The summed E-state index contributed by atoms with van der Waals surface area (Å²) in [5, 5.41) is 8.82. The molecular weight excluding hydrogens is 184 g/mol. The van der Waals surface area contributed by atoms with Crippen molar-refractivity contribution in [3.8, 4) is 0 Å². The van der Waals surface area contributed by atoms with Gasteiger partial charge < -0.3 is 10.8 Å². The van der Waals surface area contributed by atoms with Crippen LogP contribution >= 0.6 is 34.8 Å². The van der Waals surface area contributed by atoms with Gasteiger partial charge in [-0.25, -0.2) is 0 Å². The van der Waals surface area contributed by atoms with Crippen LogP contribution in [-0.4, -0.2) is 21.5 Å². The third kappa shape index (κ3) is 6.68. The molecule has 0 heterocycles. The van der Waals surface area contributed by atoms with E-state index >= 15 is 0 Å². The number of hydrogen-bond donors (Lipinski definition) is 2. The molecule has 0 radical (unpaired) electrons. The van der Waals surface area contributed by atoms with Crippen molar-refractivity contribution in [2.24, 2.45) is 5.73 Å². The topological polar surface area (TPSA) is 46.2 Å². The number of halogens is 3. The van der Waals surface area contributed by atoms with Crippen molar-refractivity contribution in [2.75, 3.05) is 6.54 Å². The van der Waals surface area contributed by atoms with Crippen LogP contribution in [0.5, 0.6) is 0 Å². The molecule has 0 fully saturated rings. The lowest BCUT2D eigenvalue weighted by molar-refractivity contribution is 0.174. The van der Waals surface area contributed by atoms with E-state index in [0.29, 0.717) is 0 Å². The van der Waals surface area contributed by atoms with Crippen LogP contribution in [0.25, 0.3) is 0 Å². The molecule has 0 aliphatic heterocycles. The highest BCUT2D eigenvalue weighted by Crippen LogP contribution is 2.30. The third-order valence-corrected chi connectivity index (χ3v) is 1.20. The largest absolute Gasteiger partial charge is 0.392 e. The highest BCUT2D eigenvalue weighted by atomic mass is 35.6. The number of alkyl halides is 3. The molecule has 56 valence electrons. The van der Waals surface area contributed by atoms with Gasteiger partial charge in [-0.3, -0.25) is 0 Å². The zero-order valence-corrected chi connectivity index (χ0v) is 6.92. The van der Waals surface area contributed by atoms with Gasteiger partial charge in [0.25, 0.3) is 0 Å². The van der Waals surface area contributed by atoms with Crippen LogP contribution in [0.15, 0.2) is 0 Å². The molecule has 0 aromatic heterocycles. The molecule has 1 atom stereocenters. The van der Waals surface area contributed by atoms with Gasteiger partial charge in [-0.2, -0.15) is 0 Å². The summed E-state index contributed by atoms with van der Waals surface area (Å²) < 4.78 is -1.39. The molecular formula is C4H8Cl3NO. The molecule has 3 N–H and O–H groups in total. The summed E-state index contributed by atoms with van der Waals surface area (Å²) in [6, 6.07) is 0. The molecule has 0 spiro atoms. The molecule has 0 aliphatic carbocycles. The molecule has 0 bridgehead atoms. The molecule has 0 aromatic carbocycles. The highest BCUT2D eigenvalue weighted by Gasteiger charge is 2.22. The Kier molecular flexibility index (Phi) is 4.17. The fourth-order valence-corrected chi connectivity index (χ4v) is 0.885. The molecule has 0 rings (SSSR count). The Hall–Kier alpha value is 0.790. The zero-order valence-electron chi connectivity index (χ0n) is 4.65. The van der Waals surface area contributed by atoms with Crippen LogP contribution < -0.4 is 5.73 Å². The maximum Gasteiger partial charge on any atom is 0.193 e. The van der Waals surface area contributed by atoms with Crippen molar-refractivity contribution >= 4 is 34.8 Å². The predicted molar refractivity (Wildman–Crippen MR) is 40.0 cm³/mol. The van der Waals surface area contributed by atoms with Gasteiger partial charge in [0.1, 0.15) is 0 Å².